The number of aryl methyl sites for hydroxylation is 2. The SMILES string of the molecule is Cc1ccc(N2C(=O)CC(Cc3ccccc3)C2=O)c(C)c1. The Morgan fingerprint density at radius 1 is 1.05 bits per heavy atom. The van der Waals surface area contributed by atoms with Crippen molar-refractivity contribution in [3.63, 3.8) is 0 Å². The van der Waals surface area contributed by atoms with Crippen molar-refractivity contribution in [2.45, 2.75) is 26.7 Å². The lowest BCUT2D eigenvalue weighted by atomic mass is 9.98. The first-order valence-electron chi connectivity index (χ1n) is 7.54. The fourth-order valence-corrected chi connectivity index (χ4v) is 3.06. The molecular weight excluding hydrogens is 274 g/mol. The molecule has 2 amide bonds. The third kappa shape index (κ3) is 2.67. The van der Waals surface area contributed by atoms with Crippen LogP contribution >= 0.6 is 0 Å². The third-order valence-electron chi connectivity index (χ3n) is 4.16. The summed E-state index contributed by atoms with van der Waals surface area (Å²) < 4.78 is 0. The third-order valence-corrected chi connectivity index (χ3v) is 4.16. The van der Waals surface area contributed by atoms with Crippen molar-refractivity contribution in [2.75, 3.05) is 4.90 Å². The average Bonchev–Trinajstić information content (AvgIpc) is 2.75. The summed E-state index contributed by atoms with van der Waals surface area (Å²) in [5, 5.41) is 0. The Balaban J connectivity index is 1.85. The molecule has 1 atom stereocenters. The standard InChI is InChI=1S/C19H19NO2/c1-13-8-9-17(14(2)10-13)20-18(21)12-16(19(20)22)11-15-6-4-3-5-7-15/h3-10,16H,11-12H2,1-2H3. The first kappa shape index (κ1) is 14.5. The minimum atomic E-state index is -0.254. The summed E-state index contributed by atoms with van der Waals surface area (Å²) in [5.41, 5.74) is 3.90. The summed E-state index contributed by atoms with van der Waals surface area (Å²) in [4.78, 5) is 26.4. The van der Waals surface area contributed by atoms with Gasteiger partial charge in [0.05, 0.1) is 11.6 Å². The van der Waals surface area contributed by atoms with E-state index in [4.69, 9.17) is 0 Å². The van der Waals surface area contributed by atoms with Gasteiger partial charge in [0.2, 0.25) is 11.8 Å². The molecule has 1 fully saturated rings. The predicted molar refractivity (Wildman–Crippen MR) is 86.7 cm³/mol. The van der Waals surface area contributed by atoms with Crippen molar-refractivity contribution in [1.29, 1.82) is 0 Å². The minimum Gasteiger partial charge on any atom is -0.274 e. The second kappa shape index (κ2) is 5.76. The molecule has 0 N–H and O–H groups in total. The molecule has 2 aromatic carbocycles. The second-order valence-corrected chi connectivity index (χ2v) is 5.95. The fourth-order valence-electron chi connectivity index (χ4n) is 3.06. The zero-order chi connectivity index (χ0) is 15.7. The van der Waals surface area contributed by atoms with Crippen LogP contribution in [0.15, 0.2) is 48.5 Å². The Morgan fingerprint density at radius 3 is 2.45 bits per heavy atom. The smallest absolute Gasteiger partial charge is 0.237 e. The van der Waals surface area contributed by atoms with Gasteiger partial charge in [0.1, 0.15) is 0 Å². The molecule has 112 valence electrons. The van der Waals surface area contributed by atoms with Crippen molar-refractivity contribution in [1.82, 2.24) is 0 Å². The highest BCUT2D eigenvalue weighted by molar-refractivity contribution is 6.21. The molecule has 1 unspecified atom stereocenters. The monoisotopic (exact) mass is 293 g/mol. The number of imide groups is 1. The molecule has 0 aromatic heterocycles. The first-order chi connectivity index (χ1) is 10.6. The van der Waals surface area contributed by atoms with E-state index in [1.54, 1.807) is 0 Å². The van der Waals surface area contributed by atoms with Crippen LogP contribution in [0.25, 0.3) is 0 Å². The van der Waals surface area contributed by atoms with E-state index >= 15 is 0 Å². The van der Waals surface area contributed by atoms with Gasteiger partial charge in [-0.05, 0) is 37.5 Å². The van der Waals surface area contributed by atoms with E-state index in [1.165, 1.54) is 4.90 Å². The van der Waals surface area contributed by atoms with E-state index in [0.717, 1.165) is 22.4 Å². The van der Waals surface area contributed by atoms with Crippen LogP contribution in [0, 0.1) is 19.8 Å². The van der Waals surface area contributed by atoms with Gasteiger partial charge in [-0.3, -0.25) is 14.5 Å². The molecule has 2 aromatic rings. The van der Waals surface area contributed by atoms with Gasteiger partial charge in [0.15, 0.2) is 0 Å². The van der Waals surface area contributed by atoms with Gasteiger partial charge in [-0.25, -0.2) is 0 Å². The van der Waals surface area contributed by atoms with Gasteiger partial charge in [-0.1, -0.05) is 48.0 Å². The zero-order valence-corrected chi connectivity index (χ0v) is 12.9. The summed E-state index contributed by atoms with van der Waals surface area (Å²) in [6, 6.07) is 15.7. The maximum Gasteiger partial charge on any atom is 0.237 e. The van der Waals surface area contributed by atoms with Crippen molar-refractivity contribution in [3.05, 3.63) is 65.2 Å². The number of hydrogen-bond donors (Lipinski definition) is 0. The van der Waals surface area contributed by atoms with Crippen molar-refractivity contribution >= 4 is 17.5 Å². The molecule has 3 heteroatoms. The normalized spacial score (nSPS) is 18.1. The molecule has 1 saturated heterocycles. The predicted octanol–water partition coefficient (Wildman–Crippen LogP) is 3.43. The van der Waals surface area contributed by atoms with Crippen LogP contribution in [-0.2, 0) is 16.0 Å². The van der Waals surface area contributed by atoms with Gasteiger partial charge in [0, 0.05) is 6.42 Å². The van der Waals surface area contributed by atoms with E-state index in [-0.39, 0.29) is 17.7 Å². The number of hydrogen-bond acceptors (Lipinski definition) is 2. The average molecular weight is 293 g/mol. The molecule has 0 radical (unpaired) electrons. The highest BCUT2D eigenvalue weighted by Crippen LogP contribution is 2.31. The van der Waals surface area contributed by atoms with E-state index in [2.05, 4.69) is 0 Å². The summed E-state index contributed by atoms with van der Waals surface area (Å²) in [6.45, 7) is 3.94. The Kier molecular flexibility index (Phi) is 3.80. The molecule has 3 nitrogen and oxygen atoms in total. The molecule has 3 rings (SSSR count). The maximum absolute atomic E-state index is 12.7. The highest BCUT2D eigenvalue weighted by atomic mass is 16.2. The molecule has 0 bridgehead atoms. The molecule has 0 aliphatic carbocycles. The van der Waals surface area contributed by atoms with Gasteiger partial charge in [0.25, 0.3) is 0 Å². The molecule has 0 spiro atoms. The second-order valence-electron chi connectivity index (χ2n) is 5.95. The summed E-state index contributed by atoms with van der Waals surface area (Å²) >= 11 is 0. The van der Waals surface area contributed by atoms with Crippen LogP contribution in [-0.4, -0.2) is 11.8 Å². The Hall–Kier alpha value is -2.42. The Bertz CT molecular complexity index is 721. The number of anilines is 1. The number of benzene rings is 2. The topological polar surface area (TPSA) is 37.4 Å². The number of carbonyl (C=O) groups is 2. The lowest BCUT2D eigenvalue weighted by molar-refractivity contribution is -0.122. The lowest BCUT2D eigenvalue weighted by Crippen LogP contribution is -2.31. The van der Waals surface area contributed by atoms with E-state index in [9.17, 15) is 9.59 Å². The molecule has 1 aliphatic heterocycles. The first-order valence-corrected chi connectivity index (χ1v) is 7.54. The Morgan fingerprint density at radius 2 is 1.77 bits per heavy atom. The van der Waals surface area contributed by atoms with Crippen molar-refractivity contribution in [3.8, 4) is 0 Å². The van der Waals surface area contributed by atoms with Gasteiger partial charge < -0.3 is 0 Å². The number of carbonyl (C=O) groups excluding carboxylic acids is 2. The Labute approximate surface area is 130 Å². The van der Waals surface area contributed by atoms with Crippen LogP contribution in [0.5, 0.6) is 0 Å². The zero-order valence-electron chi connectivity index (χ0n) is 12.9. The van der Waals surface area contributed by atoms with Crippen LogP contribution in [0.3, 0.4) is 0 Å². The molecule has 22 heavy (non-hydrogen) atoms. The summed E-state index contributed by atoms with van der Waals surface area (Å²) in [7, 11) is 0. The molecule has 0 saturated carbocycles. The van der Waals surface area contributed by atoms with Gasteiger partial charge in [-0.2, -0.15) is 0 Å². The van der Waals surface area contributed by atoms with Crippen LogP contribution < -0.4 is 4.90 Å². The van der Waals surface area contributed by atoms with E-state index in [0.29, 0.717) is 12.8 Å². The van der Waals surface area contributed by atoms with Crippen LogP contribution in [0.1, 0.15) is 23.1 Å². The van der Waals surface area contributed by atoms with E-state index in [1.807, 2.05) is 62.4 Å². The summed E-state index contributed by atoms with van der Waals surface area (Å²) in [5.74, 6) is -0.436. The number of rotatable bonds is 3. The van der Waals surface area contributed by atoms with Gasteiger partial charge >= 0.3 is 0 Å². The highest BCUT2D eigenvalue weighted by Gasteiger charge is 2.39. The quantitative estimate of drug-likeness (QED) is 0.813. The summed E-state index contributed by atoms with van der Waals surface area (Å²) in [6.07, 6.45) is 0.911. The largest absolute Gasteiger partial charge is 0.274 e. The van der Waals surface area contributed by atoms with Gasteiger partial charge in [-0.15, -0.1) is 0 Å². The van der Waals surface area contributed by atoms with Crippen LogP contribution in [0.4, 0.5) is 5.69 Å². The fraction of sp³-hybridized carbons (Fsp3) is 0.263. The number of nitrogens with zero attached hydrogens (tertiary/aromatic N) is 1. The maximum atomic E-state index is 12.7. The van der Waals surface area contributed by atoms with E-state index < -0.39 is 0 Å². The minimum absolute atomic E-state index is 0.0826. The van der Waals surface area contributed by atoms with Crippen molar-refractivity contribution in [2.24, 2.45) is 5.92 Å². The van der Waals surface area contributed by atoms with Crippen LogP contribution in [0.2, 0.25) is 0 Å². The molecule has 1 heterocycles. The van der Waals surface area contributed by atoms with Crippen molar-refractivity contribution < 1.29 is 9.59 Å². The lowest BCUT2D eigenvalue weighted by Gasteiger charge is -2.18. The molecular formula is C19H19NO2. The number of amides is 2. The molecule has 1 aliphatic rings.